The number of hydrogen-bond acceptors (Lipinski definition) is 7. The first-order chi connectivity index (χ1) is 13.5. The van der Waals surface area contributed by atoms with Crippen molar-refractivity contribution in [3.63, 3.8) is 0 Å². The molecule has 0 saturated carbocycles. The highest BCUT2D eigenvalue weighted by atomic mass is 35.5. The highest BCUT2D eigenvalue weighted by molar-refractivity contribution is 6.31. The SMILES string of the molecule is Cc1ncc([N+](=O)[O-])n1CC(O)CNCCNc1ccnc2cc(Cl)ccc12. The maximum atomic E-state index is 11.0. The van der Waals surface area contributed by atoms with Gasteiger partial charge in [0.2, 0.25) is 0 Å². The fourth-order valence-corrected chi connectivity index (χ4v) is 3.10. The summed E-state index contributed by atoms with van der Waals surface area (Å²) in [6.45, 7) is 3.34. The smallest absolute Gasteiger partial charge is 0.342 e. The zero-order valence-corrected chi connectivity index (χ0v) is 16.1. The number of fused-ring (bicyclic) bond motifs is 1. The number of aliphatic hydroxyl groups excluding tert-OH is 1. The van der Waals surface area contributed by atoms with Crippen LogP contribution in [-0.4, -0.2) is 50.3 Å². The van der Waals surface area contributed by atoms with Crippen molar-refractivity contribution in [1.29, 1.82) is 0 Å². The summed E-state index contributed by atoms with van der Waals surface area (Å²) in [5.41, 5.74) is 1.77. The van der Waals surface area contributed by atoms with Gasteiger partial charge in [-0.25, -0.2) is 9.55 Å². The van der Waals surface area contributed by atoms with Crippen LogP contribution in [0.1, 0.15) is 5.82 Å². The number of nitrogens with zero attached hydrogens (tertiary/aromatic N) is 4. The Balaban J connectivity index is 1.47. The van der Waals surface area contributed by atoms with Gasteiger partial charge in [0.15, 0.2) is 5.82 Å². The molecule has 0 bridgehead atoms. The molecule has 2 heterocycles. The fraction of sp³-hybridized carbons (Fsp3) is 0.333. The second-order valence-electron chi connectivity index (χ2n) is 6.34. The van der Waals surface area contributed by atoms with E-state index in [9.17, 15) is 15.2 Å². The van der Waals surface area contributed by atoms with Crippen LogP contribution in [0.3, 0.4) is 0 Å². The number of imidazole rings is 1. The van der Waals surface area contributed by atoms with Gasteiger partial charge in [-0.05, 0) is 29.2 Å². The van der Waals surface area contributed by atoms with E-state index in [1.165, 1.54) is 10.8 Å². The van der Waals surface area contributed by atoms with Crippen molar-refractivity contribution >= 4 is 34.0 Å². The van der Waals surface area contributed by atoms with Gasteiger partial charge in [0.25, 0.3) is 0 Å². The van der Waals surface area contributed by atoms with Crippen LogP contribution in [0, 0.1) is 17.0 Å². The topological polar surface area (TPSA) is 118 Å². The van der Waals surface area contributed by atoms with Crippen molar-refractivity contribution in [3.05, 3.63) is 57.6 Å². The van der Waals surface area contributed by atoms with Gasteiger partial charge < -0.3 is 25.9 Å². The van der Waals surface area contributed by atoms with E-state index in [-0.39, 0.29) is 12.4 Å². The normalized spacial score (nSPS) is 12.2. The molecular weight excluding hydrogens is 384 g/mol. The van der Waals surface area contributed by atoms with Crippen LogP contribution < -0.4 is 10.6 Å². The Hall–Kier alpha value is -2.75. The van der Waals surface area contributed by atoms with Gasteiger partial charge in [-0.2, -0.15) is 0 Å². The standard InChI is InChI=1S/C18H21ClN6O3/c1-12-23-10-18(25(27)28)24(12)11-14(26)9-20-6-7-22-16-4-5-21-17-8-13(19)2-3-15(16)17/h2-5,8,10,14,20,26H,6-7,9,11H2,1H3,(H,21,22). The average Bonchev–Trinajstić information content (AvgIpc) is 3.02. The summed E-state index contributed by atoms with van der Waals surface area (Å²) in [4.78, 5) is 18.7. The number of aryl methyl sites for hydroxylation is 1. The fourth-order valence-electron chi connectivity index (χ4n) is 2.93. The zero-order valence-electron chi connectivity index (χ0n) is 15.3. The van der Waals surface area contributed by atoms with Crippen LogP contribution in [0.25, 0.3) is 10.9 Å². The number of aliphatic hydroxyl groups is 1. The third-order valence-electron chi connectivity index (χ3n) is 4.32. The van der Waals surface area contributed by atoms with E-state index in [0.717, 1.165) is 16.6 Å². The summed E-state index contributed by atoms with van der Waals surface area (Å²) in [5, 5.41) is 29.2. The lowest BCUT2D eigenvalue weighted by Gasteiger charge is -2.13. The van der Waals surface area contributed by atoms with E-state index in [1.807, 2.05) is 24.3 Å². The molecule has 2 aromatic heterocycles. The van der Waals surface area contributed by atoms with E-state index in [0.29, 0.717) is 30.5 Å². The minimum Gasteiger partial charge on any atom is -0.388 e. The molecule has 28 heavy (non-hydrogen) atoms. The van der Waals surface area contributed by atoms with Crippen LogP contribution >= 0.6 is 11.6 Å². The summed E-state index contributed by atoms with van der Waals surface area (Å²) in [6, 6.07) is 7.45. The van der Waals surface area contributed by atoms with Crippen molar-refractivity contribution in [2.75, 3.05) is 25.0 Å². The summed E-state index contributed by atoms with van der Waals surface area (Å²) in [6.07, 6.45) is 2.15. The molecule has 0 spiro atoms. The monoisotopic (exact) mass is 404 g/mol. The maximum absolute atomic E-state index is 11.0. The first-order valence-corrected chi connectivity index (χ1v) is 9.17. The van der Waals surface area contributed by atoms with Crippen molar-refractivity contribution in [2.24, 2.45) is 0 Å². The molecule has 1 atom stereocenters. The van der Waals surface area contributed by atoms with Crippen LogP contribution in [-0.2, 0) is 6.54 Å². The van der Waals surface area contributed by atoms with Crippen molar-refractivity contribution in [3.8, 4) is 0 Å². The molecule has 0 saturated heterocycles. The first-order valence-electron chi connectivity index (χ1n) is 8.79. The lowest BCUT2D eigenvalue weighted by Crippen LogP contribution is -2.33. The lowest BCUT2D eigenvalue weighted by atomic mass is 10.2. The maximum Gasteiger partial charge on any atom is 0.342 e. The van der Waals surface area contributed by atoms with Crippen molar-refractivity contribution in [1.82, 2.24) is 19.9 Å². The molecule has 148 valence electrons. The number of pyridine rings is 1. The van der Waals surface area contributed by atoms with Gasteiger partial charge in [-0.3, -0.25) is 4.98 Å². The second kappa shape index (κ2) is 8.96. The van der Waals surface area contributed by atoms with Gasteiger partial charge in [0, 0.05) is 48.9 Å². The Bertz CT molecular complexity index is 977. The lowest BCUT2D eigenvalue weighted by molar-refractivity contribution is -0.392. The molecule has 0 fully saturated rings. The van der Waals surface area contributed by atoms with Crippen LogP contribution in [0.4, 0.5) is 11.5 Å². The number of rotatable bonds is 9. The molecule has 10 heteroatoms. The largest absolute Gasteiger partial charge is 0.388 e. The van der Waals surface area contributed by atoms with Crippen molar-refractivity contribution < 1.29 is 10.0 Å². The Morgan fingerprint density at radius 1 is 1.32 bits per heavy atom. The van der Waals surface area contributed by atoms with Crippen molar-refractivity contribution in [2.45, 2.75) is 19.6 Å². The number of nitro groups is 1. The Kier molecular flexibility index (Phi) is 6.40. The van der Waals surface area contributed by atoms with E-state index in [1.54, 1.807) is 13.1 Å². The molecule has 3 aromatic rings. The van der Waals surface area contributed by atoms with E-state index >= 15 is 0 Å². The highest BCUT2D eigenvalue weighted by Crippen LogP contribution is 2.24. The molecule has 0 radical (unpaired) electrons. The van der Waals surface area contributed by atoms with Gasteiger partial charge >= 0.3 is 5.82 Å². The molecule has 1 unspecified atom stereocenters. The van der Waals surface area contributed by atoms with Crippen LogP contribution in [0.15, 0.2) is 36.7 Å². The van der Waals surface area contributed by atoms with E-state index < -0.39 is 11.0 Å². The molecule has 3 N–H and O–H groups in total. The minimum atomic E-state index is -0.768. The molecule has 0 amide bonds. The molecular formula is C18H21ClN6O3. The Labute approximate surface area is 166 Å². The summed E-state index contributed by atoms with van der Waals surface area (Å²) in [7, 11) is 0. The number of nitrogens with one attached hydrogen (secondary N) is 2. The quantitative estimate of drug-likeness (QED) is 0.284. The summed E-state index contributed by atoms with van der Waals surface area (Å²) < 4.78 is 1.40. The summed E-state index contributed by atoms with van der Waals surface area (Å²) >= 11 is 6.00. The number of halogens is 1. The van der Waals surface area contributed by atoms with Gasteiger partial charge in [-0.1, -0.05) is 11.6 Å². The molecule has 0 aliphatic heterocycles. The van der Waals surface area contributed by atoms with E-state index in [4.69, 9.17) is 11.6 Å². The first kappa shape index (κ1) is 20.0. The minimum absolute atomic E-state index is 0.109. The predicted molar refractivity (Wildman–Crippen MR) is 108 cm³/mol. The number of hydrogen-bond donors (Lipinski definition) is 3. The number of anilines is 1. The molecule has 9 nitrogen and oxygen atoms in total. The third-order valence-corrected chi connectivity index (χ3v) is 4.55. The van der Waals surface area contributed by atoms with E-state index in [2.05, 4.69) is 20.6 Å². The second-order valence-corrected chi connectivity index (χ2v) is 6.77. The molecule has 1 aromatic carbocycles. The molecule has 3 rings (SSSR count). The third kappa shape index (κ3) is 4.75. The van der Waals surface area contributed by atoms with Gasteiger partial charge in [-0.15, -0.1) is 0 Å². The number of aromatic nitrogens is 3. The number of benzene rings is 1. The van der Waals surface area contributed by atoms with Gasteiger partial charge in [0.05, 0.1) is 5.52 Å². The zero-order chi connectivity index (χ0) is 20.1. The molecule has 0 aliphatic rings. The average molecular weight is 405 g/mol. The van der Waals surface area contributed by atoms with Crippen LogP contribution in [0.2, 0.25) is 5.02 Å². The Morgan fingerprint density at radius 2 is 2.14 bits per heavy atom. The highest BCUT2D eigenvalue weighted by Gasteiger charge is 2.20. The van der Waals surface area contributed by atoms with Gasteiger partial charge in [0.1, 0.15) is 18.8 Å². The molecule has 0 aliphatic carbocycles. The Morgan fingerprint density at radius 3 is 2.93 bits per heavy atom. The summed E-state index contributed by atoms with van der Waals surface area (Å²) in [5.74, 6) is 0.375. The van der Waals surface area contributed by atoms with Crippen LogP contribution in [0.5, 0.6) is 0 Å². The predicted octanol–water partition coefficient (Wildman–Crippen LogP) is 2.36.